The Hall–Kier alpha value is -1.51. The molecule has 0 radical (unpaired) electrons. The van der Waals surface area contributed by atoms with Gasteiger partial charge in [0.25, 0.3) is 5.69 Å². The fourth-order valence-corrected chi connectivity index (χ4v) is 3.14. The van der Waals surface area contributed by atoms with Gasteiger partial charge in [-0.25, -0.2) is 13.1 Å². The summed E-state index contributed by atoms with van der Waals surface area (Å²) in [4.78, 5) is 9.96. The molecule has 0 aliphatic rings. The highest BCUT2D eigenvalue weighted by Gasteiger charge is 2.27. The lowest BCUT2D eigenvalue weighted by Crippen LogP contribution is -2.48. The third-order valence-corrected chi connectivity index (χ3v) is 4.43. The SMILES string of the molecule is Cc1ccc([N+](=O)[O-])cc1S(=O)(=O)NC(C)(C)CN. The molecule has 1 aromatic rings. The second-order valence-corrected chi connectivity index (χ2v) is 6.55. The van der Waals surface area contributed by atoms with Crippen LogP contribution in [0.2, 0.25) is 0 Å². The Labute approximate surface area is 112 Å². The number of nitro benzene ring substituents is 1. The topological polar surface area (TPSA) is 115 Å². The highest BCUT2D eigenvalue weighted by atomic mass is 32.2. The third kappa shape index (κ3) is 3.72. The molecule has 0 aliphatic heterocycles. The first-order valence-corrected chi connectivity index (χ1v) is 7.06. The standard InChI is InChI=1S/C11H17N3O4S/c1-8-4-5-9(14(15)16)6-10(8)19(17,18)13-11(2,3)7-12/h4-6,13H,7,12H2,1-3H3. The number of non-ortho nitro benzene ring substituents is 1. The molecule has 0 fully saturated rings. The molecule has 0 saturated carbocycles. The summed E-state index contributed by atoms with van der Waals surface area (Å²) in [6.07, 6.45) is 0. The number of nitrogens with two attached hydrogens (primary N) is 1. The average Bonchev–Trinajstić information content (AvgIpc) is 2.27. The summed E-state index contributed by atoms with van der Waals surface area (Å²) in [6, 6.07) is 3.72. The lowest BCUT2D eigenvalue weighted by atomic mass is 10.1. The maximum Gasteiger partial charge on any atom is 0.270 e. The minimum absolute atomic E-state index is 0.108. The minimum Gasteiger partial charge on any atom is -0.329 e. The monoisotopic (exact) mass is 287 g/mol. The first kappa shape index (κ1) is 15.5. The lowest BCUT2D eigenvalue weighted by Gasteiger charge is -2.24. The summed E-state index contributed by atoms with van der Waals surface area (Å²) in [5, 5.41) is 10.7. The fourth-order valence-electron chi connectivity index (χ4n) is 1.45. The quantitative estimate of drug-likeness (QED) is 0.617. The van der Waals surface area contributed by atoms with Crippen molar-refractivity contribution in [3.63, 3.8) is 0 Å². The lowest BCUT2D eigenvalue weighted by molar-refractivity contribution is -0.385. The molecule has 1 aromatic carbocycles. The van der Waals surface area contributed by atoms with E-state index in [0.717, 1.165) is 6.07 Å². The highest BCUT2D eigenvalue weighted by molar-refractivity contribution is 7.89. The number of hydrogen-bond donors (Lipinski definition) is 2. The normalized spacial score (nSPS) is 12.4. The van der Waals surface area contributed by atoms with Crippen LogP contribution in [0.4, 0.5) is 5.69 Å². The Balaban J connectivity index is 3.28. The third-order valence-electron chi connectivity index (χ3n) is 2.59. The molecule has 0 atom stereocenters. The summed E-state index contributed by atoms with van der Waals surface area (Å²) in [5.41, 5.74) is 4.82. The number of nitrogens with one attached hydrogen (secondary N) is 1. The van der Waals surface area contributed by atoms with Crippen molar-refractivity contribution >= 4 is 15.7 Å². The molecule has 8 heteroatoms. The van der Waals surface area contributed by atoms with E-state index >= 15 is 0 Å². The van der Waals surface area contributed by atoms with Gasteiger partial charge in [0.2, 0.25) is 10.0 Å². The minimum atomic E-state index is -3.85. The molecule has 0 bridgehead atoms. The zero-order valence-electron chi connectivity index (χ0n) is 11.0. The first-order chi connectivity index (χ1) is 8.59. The van der Waals surface area contributed by atoms with E-state index in [1.165, 1.54) is 12.1 Å². The summed E-state index contributed by atoms with van der Waals surface area (Å²) in [5.74, 6) is 0. The van der Waals surface area contributed by atoms with Gasteiger partial charge < -0.3 is 5.73 Å². The van der Waals surface area contributed by atoms with Crippen LogP contribution in [0.1, 0.15) is 19.4 Å². The van der Waals surface area contributed by atoms with E-state index in [1.807, 2.05) is 0 Å². The van der Waals surface area contributed by atoms with E-state index < -0.39 is 20.5 Å². The van der Waals surface area contributed by atoms with Gasteiger partial charge in [-0.05, 0) is 26.3 Å². The maximum absolute atomic E-state index is 12.2. The molecule has 0 heterocycles. The molecule has 0 spiro atoms. The summed E-state index contributed by atoms with van der Waals surface area (Å²) >= 11 is 0. The van der Waals surface area contributed by atoms with Crippen molar-refractivity contribution in [3.05, 3.63) is 33.9 Å². The van der Waals surface area contributed by atoms with Gasteiger partial charge >= 0.3 is 0 Å². The fraction of sp³-hybridized carbons (Fsp3) is 0.455. The molecule has 19 heavy (non-hydrogen) atoms. The molecule has 0 aliphatic carbocycles. The van der Waals surface area contributed by atoms with E-state index in [1.54, 1.807) is 20.8 Å². The highest BCUT2D eigenvalue weighted by Crippen LogP contribution is 2.22. The van der Waals surface area contributed by atoms with Crippen molar-refractivity contribution in [3.8, 4) is 0 Å². The van der Waals surface area contributed by atoms with Gasteiger partial charge in [0, 0.05) is 24.2 Å². The van der Waals surface area contributed by atoms with Crippen LogP contribution in [-0.4, -0.2) is 25.4 Å². The van der Waals surface area contributed by atoms with E-state index in [2.05, 4.69) is 4.72 Å². The van der Waals surface area contributed by atoms with Crippen LogP contribution in [0.3, 0.4) is 0 Å². The predicted molar refractivity (Wildman–Crippen MR) is 71.3 cm³/mol. The molecule has 3 N–H and O–H groups in total. The van der Waals surface area contributed by atoms with E-state index in [9.17, 15) is 18.5 Å². The second kappa shape index (κ2) is 5.24. The molecule has 1 rings (SSSR count). The van der Waals surface area contributed by atoms with Crippen LogP contribution in [0.25, 0.3) is 0 Å². The Kier molecular flexibility index (Phi) is 4.28. The van der Waals surface area contributed by atoms with Crippen molar-refractivity contribution in [1.82, 2.24) is 4.72 Å². The molecule has 7 nitrogen and oxygen atoms in total. The van der Waals surface area contributed by atoms with Gasteiger partial charge in [0.15, 0.2) is 0 Å². The van der Waals surface area contributed by atoms with Crippen LogP contribution in [0.15, 0.2) is 23.1 Å². The predicted octanol–water partition coefficient (Wildman–Crippen LogP) is 0.919. The largest absolute Gasteiger partial charge is 0.329 e. The van der Waals surface area contributed by atoms with Gasteiger partial charge in [-0.3, -0.25) is 10.1 Å². The average molecular weight is 287 g/mol. The molecule has 0 saturated heterocycles. The van der Waals surface area contributed by atoms with Crippen LogP contribution < -0.4 is 10.5 Å². The van der Waals surface area contributed by atoms with Gasteiger partial charge in [-0.15, -0.1) is 0 Å². The van der Waals surface area contributed by atoms with Gasteiger partial charge in [0.05, 0.1) is 9.82 Å². The van der Waals surface area contributed by atoms with E-state index in [4.69, 9.17) is 5.73 Å². The molecular weight excluding hydrogens is 270 g/mol. The molecule has 0 amide bonds. The number of nitrogens with zero attached hydrogens (tertiary/aromatic N) is 1. The molecular formula is C11H17N3O4S. The molecule has 0 unspecified atom stereocenters. The van der Waals surface area contributed by atoms with Gasteiger partial charge in [0.1, 0.15) is 0 Å². The van der Waals surface area contributed by atoms with E-state index in [0.29, 0.717) is 5.56 Å². The number of aryl methyl sites for hydroxylation is 1. The molecule has 106 valence electrons. The van der Waals surface area contributed by atoms with Crippen LogP contribution in [0.5, 0.6) is 0 Å². The number of nitro groups is 1. The molecule has 0 aromatic heterocycles. The number of benzene rings is 1. The zero-order chi connectivity index (χ0) is 14.8. The Morgan fingerprint density at radius 3 is 2.47 bits per heavy atom. The first-order valence-electron chi connectivity index (χ1n) is 5.58. The van der Waals surface area contributed by atoms with Crippen molar-refractivity contribution < 1.29 is 13.3 Å². The Morgan fingerprint density at radius 2 is 2.00 bits per heavy atom. The van der Waals surface area contributed by atoms with Crippen molar-refractivity contribution in [2.75, 3.05) is 6.54 Å². The summed E-state index contributed by atoms with van der Waals surface area (Å²) in [6.45, 7) is 4.96. The van der Waals surface area contributed by atoms with Crippen LogP contribution >= 0.6 is 0 Å². The van der Waals surface area contributed by atoms with Gasteiger partial charge in [-0.2, -0.15) is 0 Å². The van der Waals surface area contributed by atoms with E-state index in [-0.39, 0.29) is 17.1 Å². The number of rotatable bonds is 5. The summed E-state index contributed by atoms with van der Waals surface area (Å²) < 4.78 is 26.9. The zero-order valence-corrected chi connectivity index (χ0v) is 11.8. The van der Waals surface area contributed by atoms with Crippen molar-refractivity contribution in [1.29, 1.82) is 0 Å². The van der Waals surface area contributed by atoms with Crippen LogP contribution in [0, 0.1) is 17.0 Å². The Bertz CT molecular complexity index is 596. The smallest absolute Gasteiger partial charge is 0.270 e. The van der Waals surface area contributed by atoms with Crippen molar-refractivity contribution in [2.24, 2.45) is 5.73 Å². The maximum atomic E-state index is 12.2. The summed E-state index contributed by atoms with van der Waals surface area (Å²) in [7, 11) is -3.85. The second-order valence-electron chi connectivity index (χ2n) is 4.90. The van der Waals surface area contributed by atoms with Crippen molar-refractivity contribution in [2.45, 2.75) is 31.2 Å². The Morgan fingerprint density at radius 1 is 1.42 bits per heavy atom. The van der Waals surface area contributed by atoms with Crippen LogP contribution in [-0.2, 0) is 10.0 Å². The van der Waals surface area contributed by atoms with Gasteiger partial charge in [-0.1, -0.05) is 6.07 Å². The number of sulfonamides is 1. The number of hydrogen-bond acceptors (Lipinski definition) is 5.